The predicted octanol–water partition coefficient (Wildman–Crippen LogP) is 2.80. The molecule has 0 saturated carbocycles. The minimum atomic E-state index is -3.45. The maximum atomic E-state index is 12.6. The Morgan fingerprint density at radius 2 is 1.74 bits per heavy atom. The standard InChI is InChI=1S/C15H14O3S/c16-12-9-11-5-4-8-15(14(11)10-12)19(17,18)13-6-2-1-3-7-13/h1-3,6-7,9H,4-5,8,10H2. The van der Waals surface area contributed by atoms with Crippen LogP contribution >= 0.6 is 0 Å². The van der Waals surface area contributed by atoms with Gasteiger partial charge in [0.15, 0.2) is 5.78 Å². The summed E-state index contributed by atoms with van der Waals surface area (Å²) in [5, 5.41) is 0. The third kappa shape index (κ3) is 2.06. The molecule has 0 bridgehead atoms. The summed E-state index contributed by atoms with van der Waals surface area (Å²) in [7, 11) is -3.45. The summed E-state index contributed by atoms with van der Waals surface area (Å²) in [5.74, 6) is 0.0210. The van der Waals surface area contributed by atoms with Crippen molar-refractivity contribution < 1.29 is 13.2 Å². The van der Waals surface area contributed by atoms with Gasteiger partial charge in [0.05, 0.1) is 9.80 Å². The van der Waals surface area contributed by atoms with Crippen molar-refractivity contribution in [2.45, 2.75) is 30.6 Å². The van der Waals surface area contributed by atoms with Crippen molar-refractivity contribution in [3.63, 3.8) is 0 Å². The zero-order chi connectivity index (χ0) is 13.5. The van der Waals surface area contributed by atoms with Crippen LogP contribution in [0.15, 0.2) is 57.4 Å². The molecule has 1 aromatic rings. The van der Waals surface area contributed by atoms with Gasteiger partial charge in [-0.25, -0.2) is 8.42 Å². The summed E-state index contributed by atoms with van der Waals surface area (Å²) in [6, 6.07) is 8.45. The largest absolute Gasteiger partial charge is 0.294 e. The molecule has 0 unspecified atom stereocenters. The zero-order valence-electron chi connectivity index (χ0n) is 10.4. The lowest BCUT2D eigenvalue weighted by molar-refractivity contribution is -0.113. The van der Waals surface area contributed by atoms with E-state index in [2.05, 4.69) is 0 Å². The highest BCUT2D eigenvalue weighted by atomic mass is 32.2. The van der Waals surface area contributed by atoms with E-state index in [-0.39, 0.29) is 12.2 Å². The molecule has 3 nitrogen and oxygen atoms in total. The quantitative estimate of drug-likeness (QED) is 0.833. The topological polar surface area (TPSA) is 51.2 Å². The summed E-state index contributed by atoms with van der Waals surface area (Å²) in [6.07, 6.45) is 4.00. The average molecular weight is 274 g/mol. The second-order valence-electron chi connectivity index (χ2n) is 4.88. The van der Waals surface area contributed by atoms with E-state index in [0.29, 0.717) is 16.2 Å². The van der Waals surface area contributed by atoms with Crippen LogP contribution in [0.2, 0.25) is 0 Å². The van der Waals surface area contributed by atoms with E-state index < -0.39 is 9.84 Å². The maximum Gasteiger partial charge on any atom is 0.203 e. The smallest absolute Gasteiger partial charge is 0.203 e. The third-order valence-corrected chi connectivity index (χ3v) is 5.63. The van der Waals surface area contributed by atoms with Crippen molar-refractivity contribution in [2.75, 3.05) is 0 Å². The second-order valence-corrected chi connectivity index (χ2v) is 6.86. The average Bonchev–Trinajstić information content (AvgIpc) is 2.79. The fourth-order valence-corrected chi connectivity index (χ4v) is 4.49. The lowest BCUT2D eigenvalue weighted by atomic mass is 9.96. The molecule has 0 saturated heterocycles. The van der Waals surface area contributed by atoms with Crippen LogP contribution in [0.4, 0.5) is 0 Å². The lowest BCUT2D eigenvalue weighted by Gasteiger charge is -2.19. The summed E-state index contributed by atoms with van der Waals surface area (Å²) in [6.45, 7) is 0. The third-order valence-electron chi connectivity index (χ3n) is 3.64. The monoisotopic (exact) mass is 274 g/mol. The normalized spacial score (nSPS) is 19.4. The van der Waals surface area contributed by atoms with Gasteiger partial charge >= 0.3 is 0 Å². The molecule has 0 atom stereocenters. The number of hydrogen-bond donors (Lipinski definition) is 0. The number of allylic oxidation sites excluding steroid dienone is 4. The number of fused-ring (bicyclic) bond motifs is 1. The fraction of sp³-hybridized carbons (Fsp3) is 0.267. The SMILES string of the molecule is O=C1C=C2CCCC(S(=O)(=O)c3ccccc3)=C2C1. The molecule has 0 amide bonds. The maximum absolute atomic E-state index is 12.6. The molecule has 0 radical (unpaired) electrons. The van der Waals surface area contributed by atoms with E-state index >= 15 is 0 Å². The number of ketones is 1. The molecule has 3 rings (SSSR count). The van der Waals surface area contributed by atoms with Gasteiger partial charge in [0.2, 0.25) is 9.84 Å². The molecule has 0 spiro atoms. The van der Waals surface area contributed by atoms with E-state index in [1.54, 1.807) is 36.4 Å². The Hall–Kier alpha value is -1.68. The molecule has 98 valence electrons. The molecule has 2 aliphatic carbocycles. The summed E-state index contributed by atoms with van der Waals surface area (Å²) in [5.41, 5.74) is 1.67. The molecule has 2 aliphatic rings. The number of carbonyl (C=O) groups excluding carboxylic acids is 1. The van der Waals surface area contributed by atoms with Gasteiger partial charge in [-0.2, -0.15) is 0 Å². The zero-order valence-corrected chi connectivity index (χ0v) is 11.2. The van der Waals surface area contributed by atoms with Gasteiger partial charge in [-0.3, -0.25) is 4.79 Å². The van der Waals surface area contributed by atoms with E-state index in [0.717, 1.165) is 24.0 Å². The Morgan fingerprint density at radius 3 is 2.47 bits per heavy atom. The van der Waals surface area contributed by atoms with Crippen molar-refractivity contribution in [1.82, 2.24) is 0 Å². The van der Waals surface area contributed by atoms with E-state index in [4.69, 9.17) is 0 Å². The predicted molar refractivity (Wildman–Crippen MR) is 72.2 cm³/mol. The summed E-state index contributed by atoms with van der Waals surface area (Å²) < 4.78 is 25.3. The molecule has 0 heterocycles. The summed E-state index contributed by atoms with van der Waals surface area (Å²) in [4.78, 5) is 12.3. The minimum Gasteiger partial charge on any atom is -0.294 e. The van der Waals surface area contributed by atoms with Gasteiger partial charge in [0.25, 0.3) is 0 Å². The van der Waals surface area contributed by atoms with Crippen LogP contribution in [0, 0.1) is 0 Å². The highest BCUT2D eigenvalue weighted by Crippen LogP contribution is 2.40. The Bertz CT molecular complexity index is 694. The van der Waals surface area contributed by atoms with Crippen LogP contribution in [0.25, 0.3) is 0 Å². The van der Waals surface area contributed by atoms with Gasteiger partial charge in [0.1, 0.15) is 0 Å². The number of rotatable bonds is 2. The van der Waals surface area contributed by atoms with Gasteiger partial charge in [-0.05, 0) is 48.6 Å². The van der Waals surface area contributed by atoms with Crippen LogP contribution in [0.1, 0.15) is 25.7 Å². The van der Waals surface area contributed by atoms with Crippen LogP contribution < -0.4 is 0 Å². The van der Waals surface area contributed by atoms with Gasteiger partial charge in [-0.15, -0.1) is 0 Å². The first-order valence-electron chi connectivity index (χ1n) is 6.35. The van der Waals surface area contributed by atoms with Crippen molar-refractivity contribution in [1.29, 1.82) is 0 Å². The molecule has 1 aromatic carbocycles. The molecule has 0 aromatic heterocycles. The van der Waals surface area contributed by atoms with Crippen LogP contribution in [0.3, 0.4) is 0 Å². The molecular weight excluding hydrogens is 260 g/mol. The summed E-state index contributed by atoms with van der Waals surface area (Å²) >= 11 is 0. The van der Waals surface area contributed by atoms with Gasteiger partial charge in [-0.1, -0.05) is 18.2 Å². The number of benzene rings is 1. The number of hydrogen-bond acceptors (Lipinski definition) is 3. The highest BCUT2D eigenvalue weighted by Gasteiger charge is 2.32. The van der Waals surface area contributed by atoms with Crippen molar-refractivity contribution >= 4 is 15.6 Å². The highest BCUT2D eigenvalue weighted by molar-refractivity contribution is 7.95. The Morgan fingerprint density at radius 1 is 1.00 bits per heavy atom. The molecule has 19 heavy (non-hydrogen) atoms. The second kappa shape index (κ2) is 4.46. The first-order valence-corrected chi connectivity index (χ1v) is 7.83. The molecule has 4 heteroatoms. The van der Waals surface area contributed by atoms with Crippen molar-refractivity contribution in [3.8, 4) is 0 Å². The van der Waals surface area contributed by atoms with Crippen LogP contribution in [0.5, 0.6) is 0 Å². The van der Waals surface area contributed by atoms with Crippen LogP contribution in [-0.4, -0.2) is 14.2 Å². The van der Waals surface area contributed by atoms with Crippen molar-refractivity contribution in [3.05, 3.63) is 52.5 Å². The van der Waals surface area contributed by atoms with E-state index in [1.165, 1.54) is 0 Å². The molecule has 0 aliphatic heterocycles. The van der Waals surface area contributed by atoms with Gasteiger partial charge in [0, 0.05) is 6.42 Å². The lowest BCUT2D eigenvalue weighted by Crippen LogP contribution is -2.11. The molecule has 0 fully saturated rings. The number of sulfone groups is 1. The Kier molecular flexibility index (Phi) is 2.90. The molecule has 0 N–H and O–H groups in total. The molecular formula is C15H14O3S. The Balaban J connectivity index is 2.14. The Labute approximate surface area is 112 Å². The fourth-order valence-electron chi connectivity index (χ4n) is 2.75. The van der Waals surface area contributed by atoms with Crippen molar-refractivity contribution in [2.24, 2.45) is 0 Å². The van der Waals surface area contributed by atoms with E-state index in [9.17, 15) is 13.2 Å². The van der Waals surface area contributed by atoms with Crippen LogP contribution in [-0.2, 0) is 14.6 Å². The first-order chi connectivity index (χ1) is 9.09. The van der Waals surface area contributed by atoms with Gasteiger partial charge < -0.3 is 0 Å². The minimum absolute atomic E-state index is 0.0210. The first kappa shape index (κ1) is 12.4. The number of carbonyl (C=O) groups is 1. The van der Waals surface area contributed by atoms with E-state index in [1.807, 2.05) is 0 Å².